The lowest BCUT2D eigenvalue weighted by Gasteiger charge is -1.99. The molecule has 0 radical (unpaired) electrons. The first-order valence-corrected chi connectivity index (χ1v) is 6.92. The molecule has 0 aliphatic rings. The number of rotatable bonds is 2. The summed E-state index contributed by atoms with van der Waals surface area (Å²) in [4.78, 5) is 21.9. The van der Waals surface area contributed by atoms with Gasteiger partial charge in [0.05, 0.1) is 25.4 Å². The zero-order chi connectivity index (χ0) is 12.3. The van der Waals surface area contributed by atoms with Crippen LogP contribution in [-0.4, -0.2) is 29.2 Å². The maximum atomic E-state index is 11.7. The Kier molecular flexibility index (Phi) is 3.80. The molecule has 2 rings (SSSR count). The Balaban J connectivity index is 2.22. The predicted octanol–water partition coefficient (Wildman–Crippen LogP) is -0.496. The average molecular weight is 269 g/mol. The average Bonchev–Trinajstić information content (AvgIpc) is 2.79. The van der Waals surface area contributed by atoms with E-state index in [-0.39, 0.29) is 5.56 Å². The molecular weight excluding hydrogens is 256 g/mol. The Hall–Kier alpha value is -1.34. The molecule has 5 nitrogen and oxygen atoms in total. The van der Waals surface area contributed by atoms with Crippen molar-refractivity contribution in [1.82, 2.24) is 15.3 Å². The molecule has 0 aromatic carbocycles. The van der Waals surface area contributed by atoms with E-state index in [1.165, 1.54) is 11.3 Å². The van der Waals surface area contributed by atoms with Gasteiger partial charge in [0.25, 0.3) is 5.56 Å². The van der Waals surface area contributed by atoms with Crippen molar-refractivity contribution in [2.24, 2.45) is 0 Å². The SMILES string of the molecule is CNC(=[NH+]C)SCc1nc2ccsc2c(=O)[nH]1. The largest absolute Gasteiger partial charge is 0.309 e. The minimum Gasteiger partial charge on any atom is -0.309 e. The quantitative estimate of drug-likeness (QED) is 0.508. The van der Waals surface area contributed by atoms with Crippen molar-refractivity contribution in [1.29, 1.82) is 0 Å². The Morgan fingerprint density at radius 3 is 3.24 bits per heavy atom. The maximum absolute atomic E-state index is 11.7. The highest BCUT2D eigenvalue weighted by atomic mass is 32.2. The number of aromatic nitrogens is 2. The Morgan fingerprint density at radius 2 is 2.53 bits per heavy atom. The van der Waals surface area contributed by atoms with Crippen LogP contribution in [0.15, 0.2) is 16.2 Å². The van der Waals surface area contributed by atoms with Crippen LogP contribution in [0.25, 0.3) is 10.2 Å². The van der Waals surface area contributed by atoms with E-state index in [1.807, 2.05) is 25.5 Å². The van der Waals surface area contributed by atoms with Crippen LogP contribution in [0, 0.1) is 0 Å². The van der Waals surface area contributed by atoms with E-state index in [0.717, 1.165) is 10.7 Å². The van der Waals surface area contributed by atoms with Crippen molar-refractivity contribution in [3.63, 3.8) is 0 Å². The fourth-order valence-electron chi connectivity index (χ4n) is 1.40. The Bertz CT molecular complexity index is 602. The fourth-order valence-corrected chi connectivity index (χ4v) is 2.83. The van der Waals surface area contributed by atoms with Crippen molar-refractivity contribution < 1.29 is 4.99 Å². The van der Waals surface area contributed by atoms with Gasteiger partial charge in [-0.1, -0.05) is 0 Å². The van der Waals surface area contributed by atoms with Crippen LogP contribution < -0.4 is 15.9 Å². The van der Waals surface area contributed by atoms with Gasteiger partial charge in [-0.05, 0) is 23.2 Å². The second-order valence-electron chi connectivity index (χ2n) is 3.27. The molecule has 0 atom stereocenters. The van der Waals surface area contributed by atoms with Gasteiger partial charge in [0.1, 0.15) is 10.5 Å². The molecule has 0 saturated carbocycles. The Labute approximate surface area is 106 Å². The zero-order valence-corrected chi connectivity index (χ0v) is 11.2. The Morgan fingerprint density at radius 1 is 1.71 bits per heavy atom. The van der Waals surface area contributed by atoms with E-state index in [4.69, 9.17) is 0 Å². The summed E-state index contributed by atoms with van der Waals surface area (Å²) in [6.07, 6.45) is 0. The first kappa shape index (κ1) is 12.1. The number of thioether (sulfide) groups is 1. The number of aromatic amines is 1. The summed E-state index contributed by atoms with van der Waals surface area (Å²) in [6, 6.07) is 1.87. The highest BCUT2D eigenvalue weighted by Crippen LogP contribution is 2.15. The van der Waals surface area contributed by atoms with Crippen LogP contribution in [0.4, 0.5) is 0 Å². The number of nitrogens with one attached hydrogen (secondary N) is 3. The van der Waals surface area contributed by atoms with Gasteiger partial charge < -0.3 is 4.98 Å². The van der Waals surface area contributed by atoms with Crippen LogP contribution in [0.3, 0.4) is 0 Å². The van der Waals surface area contributed by atoms with E-state index in [0.29, 0.717) is 16.3 Å². The lowest BCUT2D eigenvalue weighted by molar-refractivity contribution is -0.418. The number of nitrogens with zero attached hydrogens (tertiary/aromatic N) is 1. The van der Waals surface area contributed by atoms with E-state index in [9.17, 15) is 4.79 Å². The van der Waals surface area contributed by atoms with Gasteiger partial charge in [0, 0.05) is 0 Å². The van der Waals surface area contributed by atoms with Gasteiger partial charge in [-0.3, -0.25) is 15.1 Å². The normalized spacial score (nSPS) is 12.0. The third-order valence-electron chi connectivity index (χ3n) is 2.17. The molecule has 0 aliphatic carbocycles. The van der Waals surface area contributed by atoms with Gasteiger partial charge >= 0.3 is 5.17 Å². The molecule has 0 unspecified atom stereocenters. The topological polar surface area (TPSA) is 71.8 Å². The van der Waals surface area contributed by atoms with Crippen LogP contribution in [0.2, 0.25) is 0 Å². The number of fused-ring (bicyclic) bond motifs is 1. The summed E-state index contributed by atoms with van der Waals surface area (Å²) in [5, 5.41) is 5.84. The summed E-state index contributed by atoms with van der Waals surface area (Å²) < 4.78 is 0.685. The third kappa shape index (κ3) is 2.67. The monoisotopic (exact) mass is 269 g/mol. The van der Waals surface area contributed by atoms with Crippen LogP contribution in [0.1, 0.15) is 5.82 Å². The number of amidine groups is 1. The van der Waals surface area contributed by atoms with Crippen molar-refractivity contribution >= 4 is 38.5 Å². The lowest BCUT2D eigenvalue weighted by Crippen LogP contribution is -2.70. The van der Waals surface area contributed by atoms with Crippen LogP contribution in [-0.2, 0) is 5.75 Å². The zero-order valence-electron chi connectivity index (χ0n) is 9.53. The number of H-pyrrole nitrogens is 1. The molecule has 0 aliphatic heterocycles. The molecule has 2 aromatic heterocycles. The molecule has 0 saturated heterocycles. The van der Waals surface area contributed by atoms with Crippen molar-refractivity contribution in [3.05, 3.63) is 27.6 Å². The van der Waals surface area contributed by atoms with E-state index in [2.05, 4.69) is 20.3 Å². The van der Waals surface area contributed by atoms with Crippen LogP contribution >= 0.6 is 23.1 Å². The van der Waals surface area contributed by atoms with E-state index < -0.39 is 0 Å². The second-order valence-corrected chi connectivity index (χ2v) is 5.17. The molecule has 7 heteroatoms. The van der Waals surface area contributed by atoms with E-state index in [1.54, 1.807) is 11.8 Å². The predicted molar refractivity (Wildman–Crippen MR) is 72.5 cm³/mol. The minimum absolute atomic E-state index is 0.0592. The highest BCUT2D eigenvalue weighted by Gasteiger charge is 2.08. The van der Waals surface area contributed by atoms with Gasteiger partial charge in [-0.25, -0.2) is 4.98 Å². The molecule has 0 amide bonds. The first-order valence-electron chi connectivity index (χ1n) is 5.06. The summed E-state index contributed by atoms with van der Waals surface area (Å²) >= 11 is 2.97. The summed E-state index contributed by atoms with van der Waals surface area (Å²) in [5.74, 6) is 1.31. The van der Waals surface area contributed by atoms with E-state index >= 15 is 0 Å². The molecule has 3 N–H and O–H groups in total. The minimum atomic E-state index is -0.0592. The molecule has 0 fully saturated rings. The summed E-state index contributed by atoms with van der Waals surface area (Å²) in [5.41, 5.74) is 0.709. The first-order chi connectivity index (χ1) is 8.24. The van der Waals surface area contributed by atoms with Gasteiger partial charge in [0.15, 0.2) is 0 Å². The molecule has 90 valence electrons. The van der Waals surface area contributed by atoms with Gasteiger partial charge in [0.2, 0.25) is 0 Å². The second kappa shape index (κ2) is 5.33. The highest BCUT2D eigenvalue weighted by molar-refractivity contribution is 8.12. The summed E-state index contributed by atoms with van der Waals surface area (Å²) in [7, 11) is 3.69. The number of hydrogen-bond donors (Lipinski definition) is 3. The maximum Gasteiger partial charge on any atom is 0.304 e. The molecule has 2 aromatic rings. The molecule has 17 heavy (non-hydrogen) atoms. The number of hydrogen-bond acceptors (Lipinski definition) is 4. The molecule has 2 heterocycles. The fraction of sp³-hybridized carbons (Fsp3) is 0.300. The molecule has 0 bridgehead atoms. The smallest absolute Gasteiger partial charge is 0.304 e. The molecule has 0 spiro atoms. The third-order valence-corrected chi connectivity index (χ3v) is 4.19. The standard InChI is InChI=1S/C10H12N4OS2/c1-11-10(12-2)17-5-7-13-6-3-4-16-8(6)9(15)14-7/h3-4H,5H2,1-2H3,(H,11,12)(H,13,14,15)/p+1. The number of thiophene rings is 1. The van der Waals surface area contributed by atoms with Crippen molar-refractivity contribution in [2.75, 3.05) is 14.1 Å². The molecular formula is C10H13N4OS2+. The van der Waals surface area contributed by atoms with Gasteiger partial charge in [-0.15, -0.1) is 11.3 Å². The van der Waals surface area contributed by atoms with Gasteiger partial charge in [-0.2, -0.15) is 0 Å². The van der Waals surface area contributed by atoms with Crippen molar-refractivity contribution in [3.8, 4) is 0 Å². The van der Waals surface area contributed by atoms with Crippen molar-refractivity contribution in [2.45, 2.75) is 5.75 Å². The van der Waals surface area contributed by atoms with Crippen LogP contribution in [0.5, 0.6) is 0 Å². The summed E-state index contributed by atoms with van der Waals surface area (Å²) in [6.45, 7) is 0. The lowest BCUT2D eigenvalue weighted by atomic mass is 10.4.